The molecule has 3 aromatic rings. The van der Waals surface area contributed by atoms with Crippen LogP contribution in [0, 0.1) is 0 Å². The summed E-state index contributed by atoms with van der Waals surface area (Å²) >= 11 is 5.05. The molecule has 23 heavy (non-hydrogen) atoms. The summed E-state index contributed by atoms with van der Waals surface area (Å²) in [6.07, 6.45) is 0.451. The van der Waals surface area contributed by atoms with E-state index in [-0.39, 0.29) is 5.75 Å². The molecule has 7 nitrogen and oxygen atoms in total. The molecule has 116 valence electrons. The molecule has 8 heteroatoms. The van der Waals surface area contributed by atoms with Crippen LogP contribution in [-0.2, 0) is 10.7 Å². The fourth-order valence-corrected chi connectivity index (χ4v) is 2.24. The summed E-state index contributed by atoms with van der Waals surface area (Å²) in [6.45, 7) is 0. The first kappa shape index (κ1) is 15.0. The van der Waals surface area contributed by atoms with Crippen LogP contribution in [0.4, 0.5) is 0 Å². The highest BCUT2D eigenvalue weighted by atomic mass is 35.5. The minimum atomic E-state index is -0.630. The van der Waals surface area contributed by atoms with Crippen LogP contribution in [-0.4, -0.2) is 31.3 Å². The summed E-state index contributed by atoms with van der Waals surface area (Å²) < 4.78 is 5.70. The van der Waals surface area contributed by atoms with Crippen molar-refractivity contribution in [1.82, 2.24) is 20.2 Å². The largest absolute Gasteiger partial charge is 0.508 e. The third kappa shape index (κ3) is 3.29. The Morgan fingerprint density at radius 2 is 2.00 bits per heavy atom. The van der Waals surface area contributed by atoms with E-state index in [1.54, 1.807) is 47.1 Å². The zero-order valence-corrected chi connectivity index (χ0v) is 12.5. The van der Waals surface area contributed by atoms with E-state index in [2.05, 4.69) is 19.8 Å². The van der Waals surface area contributed by atoms with Crippen molar-refractivity contribution in [3.8, 4) is 11.4 Å². The number of hydrogen-bond acceptors (Lipinski definition) is 6. The van der Waals surface area contributed by atoms with Crippen molar-refractivity contribution in [3.05, 3.63) is 65.5 Å². The number of nitrogens with zero attached hydrogens (tertiary/aromatic N) is 4. The van der Waals surface area contributed by atoms with E-state index < -0.39 is 5.97 Å². The lowest BCUT2D eigenvalue weighted by molar-refractivity contribution is 0.0751. The van der Waals surface area contributed by atoms with E-state index >= 15 is 0 Å². The van der Waals surface area contributed by atoms with Gasteiger partial charge in [-0.25, -0.2) is 4.79 Å². The van der Waals surface area contributed by atoms with Crippen LogP contribution in [0.5, 0.6) is 5.75 Å². The van der Waals surface area contributed by atoms with Gasteiger partial charge in [0.15, 0.2) is 5.82 Å². The molecule has 0 aliphatic carbocycles. The van der Waals surface area contributed by atoms with Gasteiger partial charge >= 0.3 is 5.97 Å². The maximum Gasteiger partial charge on any atom is 0.356 e. The van der Waals surface area contributed by atoms with Crippen molar-refractivity contribution in [2.45, 2.75) is 6.42 Å². The number of aromatic nitrogens is 4. The molecule has 0 amide bonds. The molecule has 0 bridgehead atoms. The zero-order valence-electron chi connectivity index (χ0n) is 11.8. The standard InChI is InChI=1S/C15H11ClN4O3/c16-23-15(22)11-4-6-12(7-5-11)20-14(17-18-19-20)9-10-2-1-3-13(21)8-10/h1-8,21H,9H2. The first-order valence-electron chi connectivity index (χ1n) is 6.66. The smallest absolute Gasteiger partial charge is 0.356 e. The van der Waals surface area contributed by atoms with Crippen LogP contribution in [0.25, 0.3) is 5.69 Å². The lowest BCUT2D eigenvalue weighted by Gasteiger charge is -2.05. The average Bonchev–Trinajstić information content (AvgIpc) is 3.02. The van der Waals surface area contributed by atoms with Crippen LogP contribution < -0.4 is 0 Å². The molecule has 1 heterocycles. The molecule has 1 aromatic heterocycles. The number of hydrogen-bond donors (Lipinski definition) is 1. The number of halogens is 1. The number of carbonyl (C=O) groups is 1. The van der Waals surface area contributed by atoms with Gasteiger partial charge in [0, 0.05) is 6.42 Å². The van der Waals surface area contributed by atoms with Gasteiger partial charge in [-0.15, -0.1) is 5.10 Å². The summed E-state index contributed by atoms with van der Waals surface area (Å²) in [5.74, 6) is 0.156. The average molecular weight is 331 g/mol. The summed E-state index contributed by atoms with van der Waals surface area (Å²) in [5.41, 5.74) is 1.89. The van der Waals surface area contributed by atoms with Crippen molar-refractivity contribution >= 4 is 17.8 Å². The third-order valence-corrected chi connectivity index (χ3v) is 3.36. The maximum atomic E-state index is 11.3. The zero-order chi connectivity index (χ0) is 16.2. The summed E-state index contributed by atoms with van der Waals surface area (Å²) in [4.78, 5) is 11.3. The lowest BCUT2D eigenvalue weighted by atomic mass is 10.1. The van der Waals surface area contributed by atoms with E-state index in [0.717, 1.165) is 5.56 Å². The predicted molar refractivity (Wildman–Crippen MR) is 81.3 cm³/mol. The van der Waals surface area contributed by atoms with Crippen molar-refractivity contribution in [1.29, 1.82) is 0 Å². The normalized spacial score (nSPS) is 10.5. The predicted octanol–water partition coefficient (Wildman–Crippen LogP) is 2.27. The van der Waals surface area contributed by atoms with Gasteiger partial charge in [0.2, 0.25) is 0 Å². The number of carbonyl (C=O) groups excluding carboxylic acids is 1. The van der Waals surface area contributed by atoms with Crippen molar-refractivity contribution in [3.63, 3.8) is 0 Å². The van der Waals surface area contributed by atoms with Crippen LogP contribution in [0.2, 0.25) is 0 Å². The minimum absolute atomic E-state index is 0.186. The molecule has 0 unspecified atom stereocenters. The Morgan fingerprint density at radius 3 is 2.70 bits per heavy atom. The monoisotopic (exact) mass is 330 g/mol. The maximum absolute atomic E-state index is 11.3. The van der Waals surface area contributed by atoms with E-state index in [1.807, 2.05) is 6.07 Å². The molecule has 0 aliphatic heterocycles. The molecule has 0 fully saturated rings. The van der Waals surface area contributed by atoms with E-state index in [1.165, 1.54) is 0 Å². The third-order valence-electron chi connectivity index (χ3n) is 3.22. The first-order chi connectivity index (χ1) is 11.2. The highest BCUT2D eigenvalue weighted by Crippen LogP contribution is 2.16. The number of aromatic hydroxyl groups is 1. The molecule has 2 aromatic carbocycles. The Labute approximate surface area is 136 Å². The molecule has 1 N–H and O–H groups in total. The van der Waals surface area contributed by atoms with Gasteiger partial charge in [0.25, 0.3) is 0 Å². The van der Waals surface area contributed by atoms with Crippen molar-refractivity contribution < 1.29 is 14.2 Å². The molecule has 0 saturated heterocycles. The quantitative estimate of drug-likeness (QED) is 0.789. The number of benzene rings is 2. The van der Waals surface area contributed by atoms with Gasteiger partial charge in [-0.05, 0) is 52.4 Å². The van der Waals surface area contributed by atoms with Crippen molar-refractivity contribution in [2.24, 2.45) is 0 Å². The number of tetrazole rings is 1. The van der Waals surface area contributed by atoms with E-state index in [9.17, 15) is 9.90 Å². The Morgan fingerprint density at radius 1 is 1.22 bits per heavy atom. The highest BCUT2D eigenvalue weighted by molar-refractivity contribution is 6.15. The molecule has 0 spiro atoms. The Kier molecular flexibility index (Phi) is 4.20. The van der Waals surface area contributed by atoms with Gasteiger partial charge < -0.3 is 9.40 Å². The Balaban J connectivity index is 1.87. The van der Waals surface area contributed by atoms with E-state index in [0.29, 0.717) is 23.5 Å². The number of rotatable bonds is 4. The van der Waals surface area contributed by atoms with Gasteiger partial charge in [-0.1, -0.05) is 12.1 Å². The van der Waals surface area contributed by atoms with Gasteiger partial charge in [0.1, 0.15) is 17.6 Å². The second-order valence-corrected chi connectivity index (χ2v) is 4.92. The summed E-state index contributed by atoms with van der Waals surface area (Å²) in [6, 6.07) is 13.4. The molecule has 3 rings (SSSR count). The number of phenols is 1. The molecular weight excluding hydrogens is 320 g/mol. The molecule has 0 radical (unpaired) electrons. The minimum Gasteiger partial charge on any atom is -0.508 e. The SMILES string of the molecule is O=C(OCl)c1ccc(-n2nnnc2Cc2cccc(O)c2)cc1. The topological polar surface area (TPSA) is 90.1 Å². The van der Waals surface area contributed by atoms with Gasteiger partial charge in [0.05, 0.1) is 11.3 Å². The van der Waals surface area contributed by atoms with Crippen LogP contribution in [0.15, 0.2) is 48.5 Å². The second kappa shape index (κ2) is 6.45. The van der Waals surface area contributed by atoms with Crippen LogP contribution >= 0.6 is 11.9 Å². The molecule has 0 saturated carbocycles. The van der Waals surface area contributed by atoms with Crippen LogP contribution in [0.1, 0.15) is 21.7 Å². The summed E-state index contributed by atoms with van der Waals surface area (Å²) in [5, 5.41) is 21.1. The lowest BCUT2D eigenvalue weighted by Crippen LogP contribution is -2.05. The second-order valence-electron chi connectivity index (χ2n) is 4.77. The van der Waals surface area contributed by atoms with Gasteiger partial charge in [-0.3, -0.25) is 0 Å². The Bertz CT molecular complexity index is 833. The first-order valence-corrected chi connectivity index (χ1v) is 6.97. The molecule has 0 atom stereocenters. The van der Waals surface area contributed by atoms with Gasteiger partial charge in [-0.2, -0.15) is 4.68 Å². The summed E-state index contributed by atoms with van der Waals surface area (Å²) in [7, 11) is 0. The van der Waals surface area contributed by atoms with Crippen molar-refractivity contribution in [2.75, 3.05) is 0 Å². The Hall–Kier alpha value is -2.93. The highest BCUT2D eigenvalue weighted by Gasteiger charge is 2.11. The molecular formula is C15H11ClN4O3. The van der Waals surface area contributed by atoms with E-state index in [4.69, 9.17) is 11.9 Å². The fraction of sp³-hybridized carbons (Fsp3) is 0.0667. The fourth-order valence-electron chi connectivity index (χ4n) is 2.15. The van der Waals surface area contributed by atoms with Crippen LogP contribution in [0.3, 0.4) is 0 Å². The molecule has 0 aliphatic rings. The number of phenolic OH excluding ortho intramolecular Hbond substituents is 1.